The van der Waals surface area contributed by atoms with Gasteiger partial charge in [0.05, 0.1) is 13.2 Å². The number of aliphatic hydroxyl groups is 6. The van der Waals surface area contributed by atoms with Crippen molar-refractivity contribution in [1.82, 2.24) is 0 Å². The zero-order valence-electron chi connectivity index (χ0n) is 9.09. The third kappa shape index (κ3) is 8.62. The quantitative estimate of drug-likeness (QED) is 0.0991. The molecule has 0 aliphatic carbocycles. The smallest absolute Gasteiger partial charge is 0.208 e. The second kappa shape index (κ2) is 10.0. The predicted octanol–water partition coefficient (Wildman–Crippen LogP) is -5.45. The van der Waals surface area contributed by atoms with Crippen LogP contribution in [0.15, 0.2) is 5.10 Å². The van der Waals surface area contributed by atoms with Gasteiger partial charge in [-0.3, -0.25) is 0 Å². The minimum absolute atomic E-state index is 0.0926. The van der Waals surface area contributed by atoms with E-state index in [0.717, 1.165) is 0 Å². The van der Waals surface area contributed by atoms with Gasteiger partial charge in [-0.25, -0.2) is 0 Å². The van der Waals surface area contributed by atoms with Crippen LogP contribution in [-0.2, 0) is 0 Å². The van der Waals surface area contributed by atoms with Gasteiger partial charge in [0.2, 0.25) is 5.96 Å². The number of nitrogens with zero attached hydrogens (tertiary/aromatic N) is 1. The second-order valence-electron chi connectivity index (χ2n) is 3.03. The summed E-state index contributed by atoms with van der Waals surface area (Å²) >= 11 is 0. The average Bonchev–Trinajstić information content (AvgIpc) is 2.35. The lowest BCUT2D eigenvalue weighted by Gasteiger charge is -2.24. The first-order valence-electron chi connectivity index (χ1n) is 4.54. The molecule has 4 atom stereocenters. The summed E-state index contributed by atoms with van der Waals surface area (Å²) < 4.78 is 0. The third-order valence-corrected chi connectivity index (χ3v) is 1.66. The van der Waals surface area contributed by atoms with E-state index in [1.54, 1.807) is 0 Å². The van der Waals surface area contributed by atoms with Crippen molar-refractivity contribution >= 4 is 5.96 Å². The Bertz CT molecular complexity index is 199. The van der Waals surface area contributed by atoms with E-state index in [4.69, 9.17) is 42.1 Å². The number of hydrogen-bond donors (Lipinski definition) is 9. The first-order valence-corrected chi connectivity index (χ1v) is 4.54. The van der Waals surface area contributed by atoms with E-state index in [2.05, 4.69) is 10.9 Å². The van der Waals surface area contributed by atoms with Crippen LogP contribution in [-0.4, -0.2) is 74.2 Å². The fraction of sp³-hybridized carbons (Fsp3) is 0.857. The molecule has 0 saturated heterocycles. The van der Waals surface area contributed by atoms with E-state index < -0.39 is 37.6 Å². The topological polar surface area (TPSA) is 212 Å². The molecule has 0 fully saturated rings. The molecule has 0 spiro atoms. The minimum Gasteiger partial charge on any atom is -0.394 e. The molecule has 0 aromatic rings. The summed E-state index contributed by atoms with van der Waals surface area (Å²) in [6.07, 6.45) is -6.39. The van der Waals surface area contributed by atoms with E-state index in [1.807, 2.05) is 0 Å². The fourth-order valence-electron chi connectivity index (χ4n) is 0.671. The van der Waals surface area contributed by atoms with Crippen LogP contribution in [0.4, 0.5) is 0 Å². The first-order chi connectivity index (χ1) is 7.81. The Morgan fingerprint density at radius 2 is 1.12 bits per heavy atom. The lowest BCUT2D eigenvalue weighted by molar-refractivity contribution is -0.123. The van der Waals surface area contributed by atoms with Crippen LogP contribution in [0.2, 0.25) is 0 Å². The van der Waals surface area contributed by atoms with Gasteiger partial charge in [0, 0.05) is 0 Å². The van der Waals surface area contributed by atoms with E-state index in [9.17, 15) is 0 Å². The molecule has 0 aromatic carbocycles. The number of hydrogen-bond acceptors (Lipinski definition) is 8. The van der Waals surface area contributed by atoms with Crippen molar-refractivity contribution in [3.63, 3.8) is 0 Å². The van der Waals surface area contributed by atoms with Gasteiger partial charge in [-0.1, -0.05) is 0 Å². The molecule has 0 radical (unpaired) electrons. The summed E-state index contributed by atoms with van der Waals surface area (Å²) in [5.74, 6) is 4.42. The van der Waals surface area contributed by atoms with Gasteiger partial charge in [0.1, 0.15) is 24.4 Å². The Kier molecular flexibility index (Phi) is 10.7. The largest absolute Gasteiger partial charge is 0.394 e. The molecule has 104 valence electrons. The maximum absolute atomic E-state index is 8.96. The van der Waals surface area contributed by atoms with Crippen molar-refractivity contribution < 1.29 is 30.6 Å². The highest BCUT2D eigenvalue weighted by atomic mass is 16.4. The van der Waals surface area contributed by atoms with Crippen molar-refractivity contribution in [3.05, 3.63) is 0 Å². The Labute approximate surface area is 97.6 Å². The average molecular weight is 256 g/mol. The van der Waals surface area contributed by atoms with Crippen molar-refractivity contribution in [1.29, 1.82) is 0 Å². The summed E-state index contributed by atoms with van der Waals surface area (Å²) in [6, 6.07) is 0. The minimum atomic E-state index is -1.67. The molecular weight excluding hydrogens is 236 g/mol. The Balaban J connectivity index is 0. The predicted molar refractivity (Wildman–Crippen MR) is 58.2 cm³/mol. The van der Waals surface area contributed by atoms with Gasteiger partial charge < -0.3 is 47.9 Å². The molecule has 0 aromatic heterocycles. The molecule has 0 amide bonds. The van der Waals surface area contributed by atoms with Crippen molar-refractivity contribution in [3.8, 4) is 0 Å². The summed E-state index contributed by atoms with van der Waals surface area (Å²) in [5, 5.41) is 55.0. The second-order valence-corrected chi connectivity index (χ2v) is 3.03. The number of guanidine groups is 1. The van der Waals surface area contributed by atoms with E-state index in [0.29, 0.717) is 0 Å². The summed E-state index contributed by atoms with van der Waals surface area (Å²) in [7, 11) is 0. The highest BCUT2D eigenvalue weighted by Gasteiger charge is 2.29. The Hall–Kier alpha value is -1.17. The lowest BCUT2D eigenvalue weighted by Crippen LogP contribution is -2.46. The van der Waals surface area contributed by atoms with Crippen molar-refractivity contribution in [2.24, 2.45) is 22.4 Å². The van der Waals surface area contributed by atoms with E-state index >= 15 is 0 Å². The zero-order valence-corrected chi connectivity index (χ0v) is 9.09. The molecule has 12 N–H and O–H groups in total. The van der Waals surface area contributed by atoms with Crippen LogP contribution in [0, 0.1) is 0 Å². The SMILES string of the molecule is NN=C(N)N.OC[C@@H](O)[C@@H](O)[C@H](O)[C@@H](O)CO. The molecule has 10 heteroatoms. The number of hydrazone groups is 1. The highest BCUT2D eigenvalue weighted by molar-refractivity contribution is 5.75. The monoisotopic (exact) mass is 256 g/mol. The highest BCUT2D eigenvalue weighted by Crippen LogP contribution is 2.03. The Morgan fingerprint density at radius 3 is 1.24 bits per heavy atom. The number of aliphatic hydroxyl groups excluding tert-OH is 6. The van der Waals surface area contributed by atoms with Crippen molar-refractivity contribution in [2.75, 3.05) is 13.2 Å². The molecule has 0 aliphatic rings. The summed E-state index contributed by atoms with van der Waals surface area (Å²) in [6.45, 7) is -1.45. The molecule has 0 rings (SSSR count). The van der Waals surface area contributed by atoms with Gasteiger partial charge in [-0.2, -0.15) is 0 Å². The fourth-order valence-corrected chi connectivity index (χ4v) is 0.671. The maximum Gasteiger partial charge on any atom is 0.208 e. The lowest BCUT2D eigenvalue weighted by atomic mass is 10.0. The van der Waals surface area contributed by atoms with E-state index in [-0.39, 0.29) is 5.96 Å². The maximum atomic E-state index is 8.96. The summed E-state index contributed by atoms with van der Waals surface area (Å²) in [4.78, 5) is 0. The molecule has 17 heavy (non-hydrogen) atoms. The molecule has 0 unspecified atom stereocenters. The van der Waals surface area contributed by atoms with Gasteiger partial charge in [-0.15, -0.1) is 5.10 Å². The van der Waals surface area contributed by atoms with Crippen LogP contribution in [0.5, 0.6) is 0 Å². The van der Waals surface area contributed by atoms with E-state index in [1.165, 1.54) is 0 Å². The van der Waals surface area contributed by atoms with Crippen LogP contribution in [0.1, 0.15) is 0 Å². The van der Waals surface area contributed by atoms with Crippen molar-refractivity contribution in [2.45, 2.75) is 24.4 Å². The van der Waals surface area contributed by atoms with Crippen LogP contribution < -0.4 is 17.3 Å². The standard InChI is InChI=1S/C6H14O6.CH6N4/c7-1-3(9)5(11)6(12)4(10)2-8;2-1(3)5-4/h3-12H,1-2H2;4H2,(H4,2,3,5)/t3-,4+,5-,6-;/m1./s1. The van der Waals surface area contributed by atoms with Gasteiger partial charge in [-0.05, 0) is 0 Å². The van der Waals surface area contributed by atoms with Crippen LogP contribution in [0.3, 0.4) is 0 Å². The third-order valence-electron chi connectivity index (χ3n) is 1.66. The number of nitrogens with two attached hydrogens (primary N) is 3. The van der Waals surface area contributed by atoms with Gasteiger partial charge in [0.25, 0.3) is 0 Å². The van der Waals surface area contributed by atoms with Gasteiger partial charge in [0.15, 0.2) is 0 Å². The molecule has 10 nitrogen and oxygen atoms in total. The van der Waals surface area contributed by atoms with Crippen LogP contribution >= 0.6 is 0 Å². The first kappa shape index (κ1) is 18.2. The summed E-state index contributed by atoms with van der Waals surface area (Å²) in [5.41, 5.74) is 9.39. The van der Waals surface area contributed by atoms with Crippen LogP contribution in [0.25, 0.3) is 0 Å². The molecule has 0 bridgehead atoms. The molecule has 0 heterocycles. The normalized spacial score (nSPS) is 17.1. The Morgan fingerprint density at radius 1 is 0.882 bits per heavy atom. The molecule has 0 aliphatic heterocycles. The number of rotatable bonds is 5. The molecular formula is C7H20N4O6. The van der Waals surface area contributed by atoms with Gasteiger partial charge >= 0.3 is 0 Å². The zero-order chi connectivity index (χ0) is 14.0. The molecule has 0 saturated carbocycles.